The lowest BCUT2D eigenvalue weighted by atomic mass is 9.82. The first-order valence-corrected chi connectivity index (χ1v) is 7.89. The van der Waals surface area contributed by atoms with Gasteiger partial charge in [0.15, 0.2) is 0 Å². The Morgan fingerprint density at radius 3 is 2.36 bits per heavy atom. The first kappa shape index (κ1) is 13.8. The van der Waals surface area contributed by atoms with Gasteiger partial charge in [0.25, 0.3) is 0 Å². The molecule has 4 nitrogen and oxygen atoms in total. The summed E-state index contributed by atoms with van der Waals surface area (Å²) in [5.74, 6) is -2.20. The predicted octanol–water partition coefficient (Wildman–Crippen LogP) is 3.19. The van der Waals surface area contributed by atoms with Crippen LogP contribution in [-0.4, -0.2) is 17.0 Å². The third kappa shape index (κ3) is 1.76. The number of para-hydroxylation sites is 1. The first-order valence-electron chi connectivity index (χ1n) is 7.51. The number of nitrogens with one attached hydrogen (secondary N) is 1. The fourth-order valence-electron chi connectivity index (χ4n) is 4.47. The normalized spacial score (nSPS) is 33.1. The molecule has 2 N–H and O–H groups in total. The zero-order valence-electron chi connectivity index (χ0n) is 11.8. The molecule has 0 aliphatic heterocycles. The number of halogens is 1. The predicted molar refractivity (Wildman–Crippen MR) is 82.5 cm³/mol. The maximum absolute atomic E-state index is 12.7. The largest absolute Gasteiger partial charge is 0.481 e. The molecule has 2 saturated carbocycles. The van der Waals surface area contributed by atoms with Crippen molar-refractivity contribution in [1.29, 1.82) is 0 Å². The number of carbonyl (C=O) groups is 2. The lowest BCUT2D eigenvalue weighted by Gasteiger charge is -2.24. The lowest BCUT2D eigenvalue weighted by molar-refractivity contribution is -0.146. The van der Waals surface area contributed by atoms with Gasteiger partial charge >= 0.3 is 5.97 Å². The highest BCUT2D eigenvalue weighted by Crippen LogP contribution is 2.72. The quantitative estimate of drug-likeness (QED) is 0.841. The monoisotopic (exact) mass is 317 g/mol. The molecule has 0 heterocycles. The highest BCUT2D eigenvalue weighted by atomic mass is 35.5. The van der Waals surface area contributed by atoms with E-state index in [1.165, 1.54) is 0 Å². The van der Waals surface area contributed by atoms with E-state index in [2.05, 4.69) is 5.32 Å². The van der Waals surface area contributed by atoms with Crippen molar-refractivity contribution in [1.82, 2.24) is 0 Å². The van der Waals surface area contributed by atoms with E-state index in [0.717, 1.165) is 12.8 Å². The molecule has 1 spiro atoms. The summed E-state index contributed by atoms with van der Waals surface area (Å²) < 4.78 is 0. The molecule has 114 valence electrons. The second-order valence-corrected chi connectivity index (χ2v) is 6.94. The van der Waals surface area contributed by atoms with Crippen molar-refractivity contribution in [2.75, 3.05) is 5.32 Å². The fraction of sp³-hybridized carbons (Fsp3) is 0.412. The molecular formula is C17H16ClNO3. The molecule has 4 atom stereocenters. The van der Waals surface area contributed by atoms with E-state index in [4.69, 9.17) is 11.6 Å². The first-order chi connectivity index (χ1) is 10.5. The summed E-state index contributed by atoms with van der Waals surface area (Å²) in [7, 11) is 0. The fourth-order valence-corrected chi connectivity index (χ4v) is 4.65. The average molecular weight is 318 g/mol. The minimum Gasteiger partial charge on any atom is -0.481 e. The number of carboxylic acids is 1. The standard InChI is InChI=1S/C17H16ClNO3/c18-11-3-1-2-4-12(11)19-15(20)13-9-5-6-10(14(13)16(21)22)17(9)7-8-17/h1-6,9-10,13-14H,7-8H2,(H,19,20)(H,21,22). The zero-order valence-corrected chi connectivity index (χ0v) is 12.6. The lowest BCUT2D eigenvalue weighted by Crippen LogP contribution is -2.36. The Labute approximate surface area is 133 Å². The summed E-state index contributed by atoms with van der Waals surface area (Å²) in [4.78, 5) is 24.4. The van der Waals surface area contributed by atoms with Crippen LogP contribution in [0.5, 0.6) is 0 Å². The number of rotatable bonds is 3. The zero-order chi connectivity index (χ0) is 15.5. The number of benzene rings is 1. The molecule has 3 aliphatic carbocycles. The molecule has 2 bridgehead atoms. The number of amides is 1. The molecule has 4 rings (SSSR count). The second-order valence-electron chi connectivity index (χ2n) is 6.53. The summed E-state index contributed by atoms with van der Waals surface area (Å²) in [6.45, 7) is 0. The molecule has 4 unspecified atom stereocenters. The van der Waals surface area contributed by atoms with Crippen molar-refractivity contribution in [3.63, 3.8) is 0 Å². The molecule has 0 aromatic heterocycles. The van der Waals surface area contributed by atoms with Crippen LogP contribution in [0.2, 0.25) is 5.02 Å². The van der Waals surface area contributed by atoms with Crippen LogP contribution in [0.25, 0.3) is 0 Å². The number of carbonyl (C=O) groups excluding carboxylic acids is 1. The maximum Gasteiger partial charge on any atom is 0.307 e. The van der Waals surface area contributed by atoms with E-state index in [1.807, 2.05) is 12.2 Å². The Morgan fingerprint density at radius 2 is 1.77 bits per heavy atom. The van der Waals surface area contributed by atoms with Crippen LogP contribution >= 0.6 is 11.6 Å². The van der Waals surface area contributed by atoms with Gasteiger partial charge in [-0.3, -0.25) is 9.59 Å². The van der Waals surface area contributed by atoms with Crippen LogP contribution in [0.15, 0.2) is 36.4 Å². The van der Waals surface area contributed by atoms with Crippen molar-refractivity contribution in [3.8, 4) is 0 Å². The molecular weight excluding hydrogens is 302 g/mol. The summed E-state index contributed by atoms with van der Waals surface area (Å²) in [5.41, 5.74) is 0.570. The number of hydrogen-bond donors (Lipinski definition) is 2. The van der Waals surface area contributed by atoms with E-state index in [9.17, 15) is 14.7 Å². The van der Waals surface area contributed by atoms with Gasteiger partial charge in [0.1, 0.15) is 0 Å². The van der Waals surface area contributed by atoms with E-state index in [-0.39, 0.29) is 23.2 Å². The Bertz CT molecular complexity index is 695. The SMILES string of the molecule is O=C(O)C1C(C(=O)Nc2ccccc2Cl)C2C=CC1C21CC1. The summed E-state index contributed by atoms with van der Waals surface area (Å²) >= 11 is 6.08. The summed E-state index contributed by atoms with van der Waals surface area (Å²) in [6.07, 6.45) is 6.10. The van der Waals surface area contributed by atoms with Crippen LogP contribution in [-0.2, 0) is 9.59 Å². The van der Waals surface area contributed by atoms with Crippen molar-refractivity contribution in [3.05, 3.63) is 41.4 Å². The maximum atomic E-state index is 12.7. The molecule has 22 heavy (non-hydrogen) atoms. The smallest absolute Gasteiger partial charge is 0.307 e. The molecule has 1 aromatic rings. The van der Waals surface area contributed by atoms with Gasteiger partial charge in [0, 0.05) is 0 Å². The number of anilines is 1. The molecule has 1 aromatic carbocycles. The van der Waals surface area contributed by atoms with Gasteiger partial charge in [-0.05, 0) is 42.2 Å². The van der Waals surface area contributed by atoms with Gasteiger partial charge in [0.05, 0.1) is 22.5 Å². The minimum absolute atomic E-state index is 0.00278. The topological polar surface area (TPSA) is 66.4 Å². The van der Waals surface area contributed by atoms with Gasteiger partial charge in [0.2, 0.25) is 5.91 Å². The van der Waals surface area contributed by atoms with Crippen molar-refractivity contribution in [2.45, 2.75) is 12.8 Å². The molecule has 0 radical (unpaired) electrons. The minimum atomic E-state index is -0.873. The third-order valence-corrected chi connectivity index (χ3v) is 5.89. The van der Waals surface area contributed by atoms with Crippen LogP contribution in [0.3, 0.4) is 0 Å². The van der Waals surface area contributed by atoms with Crippen molar-refractivity contribution >= 4 is 29.2 Å². The highest BCUT2D eigenvalue weighted by Gasteiger charge is 2.70. The number of carboxylic acid groups (broad SMARTS) is 1. The van der Waals surface area contributed by atoms with Gasteiger partial charge in [-0.25, -0.2) is 0 Å². The van der Waals surface area contributed by atoms with Crippen LogP contribution in [0.1, 0.15) is 12.8 Å². The van der Waals surface area contributed by atoms with Gasteiger partial charge in [-0.2, -0.15) is 0 Å². The van der Waals surface area contributed by atoms with Gasteiger partial charge in [-0.1, -0.05) is 35.9 Å². The van der Waals surface area contributed by atoms with Crippen molar-refractivity contribution in [2.24, 2.45) is 29.1 Å². The Morgan fingerprint density at radius 1 is 1.14 bits per heavy atom. The summed E-state index contributed by atoms with van der Waals surface area (Å²) in [5, 5.41) is 12.9. The van der Waals surface area contributed by atoms with Crippen LogP contribution < -0.4 is 5.32 Å². The summed E-state index contributed by atoms with van der Waals surface area (Å²) in [6, 6.07) is 7.01. The van der Waals surface area contributed by atoms with Crippen LogP contribution in [0.4, 0.5) is 5.69 Å². The molecule has 2 fully saturated rings. The highest BCUT2D eigenvalue weighted by molar-refractivity contribution is 6.33. The number of hydrogen-bond acceptors (Lipinski definition) is 2. The average Bonchev–Trinajstić information content (AvgIpc) is 3.15. The van der Waals surface area contributed by atoms with E-state index >= 15 is 0 Å². The Kier molecular flexibility index (Phi) is 2.89. The molecule has 0 saturated heterocycles. The third-order valence-electron chi connectivity index (χ3n) is 5.56. The van der Waals surface area contributed by atoms with Crippen LogP contribution in [0, 0.1) is 29.1 Å². The molecule has 5 heteroatoms. The number of aliphatic carboxylic acids is 1. The Balaban J connectivity index is 1.64. The molecule has 3 aliphatic rings. The van der Waals surface area contributed by atoms with E-state index in [0.29, 0.717) is 10.7 Å². The van der Waals surface area contributed by atoms with E-state index < -0.39 is 17.8 Å². The van der Waals surface area contributed by atoms with Crippen molar-refractivity contribution < 1.29 is 14.7 Å². The van der Waals surface area contributed by atoms with Gasteiger partial charge in [-0.15, -0.1) is 0 Å². The van der Waals surface area contributed by atoms with E-state index in [1.54, 1.807) is 24.3 Å². The number of allylic oxidation sites excluding steroid dienone is 2. The van der Waals surface area contributed by atoms with Gasteiger partial charge < -0.3 is 10.4 Å². The molecule has 1 amide bonds. The second kappa shape index (κ2) is 4.59. The Hall–Kier alpha value is -1.81.